The number of methoxy groups -OCH3 is 1. The number of ether oxygens (including phenoxy) is 1. The number of anilines is 3. The van der Waals surface area contributed by atoms with E-state index in [9.17, 15) is 26.7 Å². The fraction of sp³-hybridized carbons (Fsp3) is 0.400. The van der Waals surface area contributed by atoms with E-state index in [1.165, 1.54) is 19.2 Å². The summed E-state index contributed by atoms with van der Waals surface area (Å²) in [5.41, 5.74) is -1.15. The highest BCUT2D eigenvalue weighted by Gasteiger charge is 2.55. The lowest BCUT2D eigenvalue weighted by Crippen LogP contribution is -2.33. The van der Waals surface area contributed by atoms with Gasteiger partial charge in [-0.15, -0.1) is 0 Å². The summed E-state index contributed by atoms with van der Waals surface area (Å²) >= 11 is 1.90. The average Bonchev–Trinajstić information content (AvgIpc) is 3.50. The SMILES string of the molecule is CC[C@@H](O)CC1(S(=O)(=O)Nc2c(OC)cc(F)c(F)c2Nc2ccc(I)cc2F)CC1. The second-order valence-electron chi connectivity index (χ2n) is 7.43. The van der Waals surface area contributed by atoms with Crippen LogP contribution in [0.15, 0.2) is 24.3 Å². The first-order valence-corrected chi connectivity index (χ1v) is 12.1. The molecule has 31 heavy (non-hydrogen) atoms. The van der Waals surface area contributed by atoms with E-state index in [4.69, 9.17) is 4.74 Å². The molecule has 1 fully saturated rings. The molecule has 0 aromatic heterocycles. The van der Waals surface area contributed by atoms with Crippen LogP contribution in [0.4, 0.5) is 30.2 Å². The van der Waals surface area contributed by atoms with Crippen LogP contribution in [0, 0.1) is 21.0 Å². The van der Waals surface area contributed by atoms with Crippen LogP contribution in [0.25, 0.3) is 0 Å². The molecule has 1 saturated carbocycles. The zero-order valence-corrected chi connectivity index (χ0v) is 19.8. The molecule has 1 aliphatic rings. The Balaban J connectivity index is 2.06. The van der Waals surface area contributed by atoms with Gasteiger partial charge in [-0.2, -0.15) is 0 Å². The van der Waals surface area contributed by atoms with Crippen molar-refractivity contribution in [3.05, 3.63) is 45.3 Å². The Kier molecular flexibility index (Phi) is 6.96. The Morgan fingerprint density at radius 1 is 1.19 bits per heavy atom. The van der Waals surface area contributed by atoms with Gasteiger partial charge in [0.05, 0.1) is 23.6 Å². The smallest absolute Gasteiger partial charge is 0.238 e. The molecule has 170 valence electrons. The quantitative estimate of drug-likeness (QED) is 0.374. The number of rotatable bonds is 9. The molecule has 0 unspecified atom stereocenters. The predicted molar refractivity (Wildman–Crippen MR) is 121 cm³/mol. The summed E-state index contributed by atoms with van der Waals surface area (Å²) in [5, 5.41) is 12.4. The molecular weight excluding hydrogens is 548 g/mol. The van der Waals surface area contributed by atoms with E-state index in [1.54, 1.807) is 13.0 Å². The van der Waals surface area contributed by atoms with Crippen molar-refractivity contribution in [3.8, 4) is 5.75 Å². The van der Waals surface area contributed by atoms with Crippen LogP contribution in [0.5, 0.6) is 5.75 Å². The topological polar surface area (TPSA) is 87.7 Å². The fourth-order valence-corrected chi connectivity index (χ4v) is 5.44. The Bertz CT molecular complexity index is 1090. The molecular formula is C20H22F3IN2O4S. The molecule has 0 amide bonds. The lowest BCUT2D eigenvalue weighted by Gasteiger charge is -2.23. The molecule has 0 aliphatic heterocycles. The third-order valence-corrected chi connectivity index (χ3v) is 8.15. The van der Waals surface area contributed by atoms with Gasteiger partial charge < -0.3 is 15.2 Å². The molecule has 1 atom stereocenters. The van der Waals surface area contributed by atoms with Crippen molar-refractivity contribution < 1.29 is 31.4 Å². The summed E-state index contributed by atoms with van der Waals surface area (Å²) in [6.45, 7) is 1.73. The largest absolute Gasteiger partial charge is 0.494 e. The summed E-state index contributed by atoms with van der Waals surface area (Å²) in [7, 11) is -2.94. The number of hydrogen-bond donors (Lipinski definition) is 3. The summed E-state index contributed by atoms with van der Waals surface area (Å²) in [6.07, 6.45) is 0.216. The lowest BCUT2D eigenvalue weighted by atomic mass is 10.1. The molecule has 0 spiro atoms. The number of sulfonamides is 1. The third kappa shape index (κ3) is 4.87. The molecule has 3 rings (SSSR count). The number of nitrogens with one attached hydrogen (secondary N) is 2. The summed E-state index contributed by atoms with van der Waals surface area (Å²) in [4.78, 5) is 0. The second kappa shape index (κ2) is 9.02. The highest BCUT2D eigenvalue weighted by Crippen LogP contribution is 2.50. The highest BCUT2D eigenvalue weighted by molar-refractivity contribution is 14.1. The van der Waals surface area contributed by atoms with E-state index in [-0.39, 0.29) is 23.5 Å². The summed E-state index contributed by atoms with van der Waals surface area (Å²) in [6, 6.07) is 4.78. The van der Waals surface area contributed by atoms with E-state index >= 15 is 0 Å². The van der Waals surface area contributed by atoms with E-state index in [2.05, 4.69) is 10.0 Å². The number of aliphatic hydroxyl groups excluding tert-OH is 1. The fourth-order valence-electron chi connectivity index (χ4n) is 3.25. The van der Waals surface area contributed by atoms with Crippen LogP contribution in [0.3, 0.4) is 0 Å². The minimum absolute atomic E-state index is 0.0132. The molecule has 6 nitrogen and oxygen atoms in total. The van der Waals surface area contributed by atoms with E-state index in [0.717, 1.165) is 0 Å². The maximum Gasteiger partial charge on any atom is 0.238 e. The van der Waals surface area contributed by atoms with Gasteiger partial charge in [-0.25, -0.2) is 21.6 Å². The van der Waals surface area contributed by atoms with Gasteiger partial charge in [0, 0.05) is 9.64 Å². The van der Waals surface area contributed by atoms with Gasteiger partial charge in [0.25, 0.3) is 0 Å². The zero-order chi connectivity index (χ0) is 23.0. The van der Waals surface area contributed by atoms with Crippen molar-refractivity contribution in [1.29, 1.82) is 0 Å². The molecule has 3 N–H and O–H groups in total. The Morgan fingerprint density at radius 3 is 2.42 bits per heavy atom. The summed E-state index contributed by atoms with van der Waals surface area (Å²) in [5.74, 6) is -3.69. The van der Waals surface area contributed by atoms with Crippen molar-refractivity contribution in [1.82, 2.24) is 0 Å². The number of aliphatic hydroxyl groups is 1. The van der Waals surface area contributed by atoms with Crippen LogP contribution in [-0.4, -0.2) is 31.5 Å². The van der Waals surface area contributed by atoms with Crippen LogP contribution in [0.2, 0.25) is 0 Å². The van der Waals surface area contributed by atoms with Crippen molar-refractivity contribution in [2.24, 2.45) is 0 Å². The maximum absolute atomic E-state index is 14.7. The zero-order valence-electron chi connectivity index (χ0n) is 16.8. The number of halogens is 4. The number of hydrogen-bond acceptors (Lipinski definition) is 5. The van der Waals surface area contributed by atoms with E-state index in [0.29, 0.717) is 28.9 Å². The lowest BCUT2D eigenvalue weighted by molar-refractivity contribution is 0.156. The molecule has 0 heterocycles. The number of benzene rings is 2. The predicted octanol–water partition coefficient (Wildman–Crippen LogP) is 4.90. The van der Waals surface area contributed by atoms with Crippen LogP contribution >= 0.6 is 22.6 Å². The van der Waals surface area contributed by atoms with Crippen LogP contribution in [-0.2, 0) is 10.0 Å². The molecule has 1 aliphatic carbocycles. The Morgan fingerprint density at radius 2 is 1.87 bits per heavy atom. The van der Waals surface area contributed by atoms with Crippen molar-refractivity contribution in [2.45, 2.75) is 43.5 Å². The van der Waals surface area contributed by atoms with E-state index in [1.807, 2.05) is 22.6 Å². The summed E-state index contributed by atoms with van der Waals surface area (Å²) < 4.78 is 76.2. The monoisotopic (exact) mass is 570 g/mol. The molecule has 2 aromatic rings. The van der Waals surface area contributed by atoms with Gasteiger partial charge in [0.1, 0.15) is 22.9 Å². The first-order valence-electron chi connectivity index (χ1n) is 9.52. The van der Waals surface area contributed by atoms with Crippen molar-refractivity contribution >= 4 is 49.7 Å². The van der Waals surface area contributed by atoms with Crippen molar-refractivity contribution in [2.75, 3.05) is 17.1 Å². The highest BCUT2D eigenvalue weighted by atomic mass is 127. The molecule has 11 heteroatoms. The van der Waals surface area contributed by atoms with Gasteiger partial charge in [-0.1, -0.05) is 6.92 Å². The van der Waals surface area contributed by atoms with Crippen molar-refractivity contribution in [3.63, 3.8) is 0 Å². The molecule has 2 aromatic carbocycles. The average molecular weight is 570 g/mol. The van der Waals surface area contributed by atoms with Gasteiger partial charge >= 0.3 is 0 Å². The Labute approximate surface area is 192 Å². The second-order valence-corrected chi connectivity index (χ2v) is 10.8. The maximum atomic E-state index is 14.7. The van der Waals surface area contributed by atoms with Gasteiger partial charge in [-0.3, -0.25) is 4.72 Å². The third-order valence-electron chi connectivity index (χ3n) is 5.29. The minimum atomic E-state index is -4.11. The molecule has 0 radical (unpaired) electrons. The van der Waals surface area contributed by atoms with Crippen LogP contribution < -0.4 is 14.8 Å². The molecule has 0 bridgehead atoms. The standard InChI is InChI=1S/C20H22F3IN2O4S/c1-3-12(27)10-20(6-7-20)31(28,29)26-18-16(30-2)9-14(22)17(23)19(18)25-15-5-4-11(24)8-13(15)21/h4-5,8-9,12,25-27H,3,6-7,10H2,1-2H3/t12-/m1/s1. The van der Waals surface area contributed by atoms with Gasteiger partial charge in [0.2, 0.25) is 10.0 Å². The minimum Gasteiger partial charge on any atom is -0.494 e. The van der Waals surface area contributed by atoms with E-state index < -0.39 is 44.0 Å². The first-order chi connectivity index (χ1) is 14.5. The normalized spacial score (nSPS) is 16.0. The van der Waals surface area contributed by atoms with Gasteiger partial charge in [-0.05, 0) is 66.5 Å². The first kappa shape index (κ1) is 23.9. The molecule has 0 saturated heterocycles. The van der Waals surface area contributed by atoms with Gasteiger partial charge in [0.15, 0.2) is 11.6 Å². The Hall–Kier alpha value is -1.73. The van der Waals surface area contributed by atoms with Crippen LogP contribution in [0.1, 0.15) is 32.6 Å².